The number of hydrogen-bond acceptors (Lipinski definition) is 2. The fourth-order valence-corrected chi connectivity index (χ4v) is 3.41. The van der Waals surface area contributed by atoms with Crippen LogP contribution >= 0.6 is 12.2 Å². The van der Waals surface area contributed by atoms with Crippen molar-refractivity contribution in [1.82, 2.24) is 19.8 Å². The van der Waals surface area contributed by atoms with Crippen LogP contribution in [0.5, 0.6) is 0 Å². The molecule has 3 heterocycles. The van der Waals surface area contributed by atoms with E-state index in [0.29, 0.717) is 5.92 Å². The van der Waals surface area contributed by atoms with Gasteiger partial charge in [-0.15, -0.1) is 0 Å². The zero-order valence-corrected chi connectivity index (χ0v) is 14.0. The minimum Gasteiger partial charge on any atom is -0.353 e. The molecular formula is C17H22N4S. The summed E-state index contributed by atoms with van der Waals surface area (Å²) >= 11 is 5.61. The van der Waals surface area contributed by atoms with E-state index >= 15 is 0 Å². The molecule has 0 amide bonds. The van der Waals surface area contributed by atoms with Gasteiger partial charge in [-0.2, -0.15) is 0 Å². The first kappa shape index (κ1) is 15.0. The molecule has 1 aliphatic heterocycles. The molecule has 3 rings (SSSR count). The highest BCUT2D eigenvalue weighted by Gasteiger charge is 2.40. The fraction of sp³-hybridized carbons (Fsp3) is 0.412. The van der Waals surface area contributed by atoms with Crippen molar-refractivity contribution in [3.8, 4) is 0 Å². The molecule has 22 heavy (non-hydrogen) atoms. The molecule has 0 bridgehead atoms. The standard InChI is InChI=1S/C17H22N4S/c1-12(2)11-21-16(14-8-6-10-20(14)3)15(19-17(21)22)13-7-4-5-9-18-13/h4-10,12,15-16H,11H2,1-3H3,(H,19,22)/t15-,16-/m1/s1. The molecule has 0 radical (unpaired) electrons. The highest BCUT2D eigenvalue weighted by Crippen LogP contribution is 2.38. The van der Waals surface area contributed by atoms with Gasteiger partial charge < -0.3 is 14.8 Å². The largest absolute Gasteiger partial charge is 0.353 e. The van der Waals surface area contributed by atoms with Gasteiger partial charge in [0.25, 0.3) is 0 Å². The van der Waals surface area contributed by atoms with E-state index in [2.05, 4.69) is 65.1 Å². The molecule has 116 valence electrons. The van der Waals surface area contributed by atoms with Crippen LogP contribution in [0.2, 0.25) is 0 Å². The van der Waals surface area contributed by atoms with Crippen LogP contribution in [0.3, 0.4) is 0 Å². The van der Waals surface area contributed by atoms with Crippen molar-refractivity contribution in [3.63, 3.8) is 0 Å². The van der Waals surface area contributed by atoms with Gasteiger partial charge in [-0.3, -0.25) is 4.98 Å². The van der Waals surface area contributed by atoms with Gasteiger partial charge in [0.2, 0.25) is 0 Å². The van der Waals surface area contributed by atoms with Crippen LogP contribution in [-0.2, 0) is 7.05 Å². The van der Waals surface area contributed by atoms with Crippen LogP contribution in [0.1, 0.15) is 37.3 Å². The Morgan fingerprint density at radius 2 is 2.09 bits per heavy atom. The summed E-state index contributed by atoms with van der Waals surface area (Å²) < 4.78 is 2.17. The lowest BCUT2D eigenvalue weighted by molar-refractivity contribution is 0.278. The fourth-order valence-electron chi connectivity index (χ4n) is 3.10. The molecular weight excluding hydrogens is 292 g/mol. The minimum atomic E-state index is 0.0843. The first-order chi connectivity index (χ1) is 10.6. The summed E-state index contributed by atoms with van der Waals surface area (Å²) in [6, 6.07) is 10.5. The first-order valence-corrected chi connectivity index (χ1v) is 8.08. The van der Waals surface area contributed by atoms with E-state index in [-0.39, 0.29) is 12.1 Å². The molecule has 0 saturated carbocycles. The van der Waals surface area contributed by atoms with Gasteiger partial charge in [0.15, 0.2) is 5.11 Å². The van der Waals surface area contributed by atoms with Crippen molar-refractivity contribution in [2.24, 2.45) is 13.0 Å². The molecule has 0 spiro atoms. The monoisotopic (exact) mass is 314 g/mol. The number of aryl methyl sites for hydroxylation is 1. The lowest BCUT2D eigenvalue weighted by Crippen LogP contribution is -2.33. The van der Waals surface area contributed by atoms with E-state index < -0.39 is 0 Å². The summed E-state index contributed by atoms with van der Waals surface area (Å²) in [6.45, 7) is 5.38. The number of pyridine rings is 1. The summed E-state index contributed by atoms with van der Waals surface area (Å²) in [7, 11) is 2.08. The van der Waals surface area contributed by atoms with Crippen LogP contribution in [0.15, 0.2) is 42.7 Å². The molecule has 1 fully saturated rings. The Labute approximate surface area is 137 Å². The Kier molecular flexibility index (Phi) is 4.16. The van der Waals surface area contributed by atoms with Crippen molar-refractivity contribution in [3.05, 3.63) is 54.1 Å². The van der Waals surface area contributed by atoms with Gasteiger partial charge in [0.1, 0.15) is 0 Å². The maximum atomic E-state index is 5.61. The van der Waals surface area contributed by atoms with Crippen LogP contribution in [0.25, 0.3) is 0 Å². The Morgan fingerprint density at radius 1 is 1.27 bits per heavy atom. The number of nitrogens with one attached hydrogen (secondary N) is 1. The summed E-state index contributed by atoms with van der Waals surface area (Å²) in [5, 5.41) is 4.29. The van der Waals surface area contributed by atoms with E-state index in [0.717, 1.165) is 17.4 Å². The Balaban J connectivity index is 2.02. The second-order valence-electron chi connectivity index (χ2n) is 6.22. The number of rotatable bonds is 4. The van der Waals surface area contributed by atoms with Crippen LogP contribution in [0, 0.1) is 5.92 Å². The molecule has 0 unspecified atom stereocenters. The third-order valence-electron chi connectivity index (χ3n) is 4.05. The highest BCUT2D eigenvalue weighted by atomic mass is 32.1. The Hall–Kier alpha value is -1.88. The average molecular weight is 314 g/mol. The summed E-state index contributed by atoms with van der Waals surface area (Å²) in [6.07, 6.45) is 3.92. The van der Waals surface area contributed by atoms with Crippen LogP contribution < -0.4 is 5.32 Å². The predicted octanol–water partition coefficient (Wildman–Crippen LogP) is 3.05. The molecule has 2 aromatic rings. The number of nitrogens with zero attached hydrogens (tertiary/aromatic N) is 3. The zero-order valence-electron chi connectivity index (χ0n) is 13.2. The van der Waals surface area contributed by atoms with Crippen molar-refractivity contribution in [2.75, 3.05) is 6.54 Å². The number of aromatic nitrogens is 2. The first-order valence-electron chi connectivity index (χ1n) is 7.67. The topological polar surface area (TPSA) is 33.1 Å². The maximum Gasteiger partial charge on any atom is 0.170 e. The summed E-state index contributed by atoms with van der Waals surface area (Å²) in [5.41, 5.74) is 2.28. The van der Waals surface area contributed by atoms with Gasteiger partial charge in [-0.05, 0) is 42.4 Å². The lowest BCUT2D eigenvalue weighted by atomic mass is 10.0. The molecule has 2 atom stereocenters. The van der Waals surface area contributed by atoms with E-state index in [9.17, 15) is 0 Å². The highest BCUT2D eigenvalue weighted by molar-refractivity contribution is 7.80. The van der Waals surface area contributed by atoms with Crippen molar-refractivity contribution < 1.29 is 0 Å². The van der Waals surface area contributed by atoms with Gasteiger partial charge >= 0.3 is 0 Å². The number of thiocarbonyl (C=S) groups is 1. The van der Waals surface area contributed by atoms with Crippen LogP contribution in [0.4, 0.5) is 0 Å². The summed E-state index contributed by atoms with van der Waals surface area (Å²) in [5.74, 6) is 0.546. The lowest BCUT2D eigenvalue weighted by Gasteiger charge is -2.29. The molecule has 1 N–H and O–H groups in total. The molecule has 4 nitrogen and oxygen atoms in total. The van der Waals surface area contributed by atoms with Gasteiger partial charge in [0, 0.05) is 31.7 Å². The molecule has 0 aliphatic carbocycles. The molecule has 0 aromatic carbocycles. The Morgan fingerprint density at radius 3 is 2.68 bits per heavy atom. The average Bonchev–Trinajstić information content (AvgIpc) is 3.04. The third-order valence-corrected chi connectivity index (χ3v) is 4.40. The normalized spacial score (nSPS) is 21.5. The smallest absolute Gasteiger partial charge is 0.170 e. The van der Waals surface area contributed by atoms with Crippen molar-refractivity contribution >= 4 is 17.3 Å². The molecule has 2 aromatic heterocycles. The van der Waals surface area contributed by atoms with E-state index in [4.69, 9.17) is 12.2 Å². The molecule has 5 heteroatoms. The van der Waals surface area contributed by atoms with Gasteiger partial charge in [-0.25, -0.2) is 0 Å². The van der Waals surface area contributed by atoms with E-state index in [1.807, 2.05) is 18.3 Å². The van der Waals surface area contributed by atoms with Crippen molar-refractivity contribution in [2.45, 2.75) is 25.9 Å². The second-order valence-corrected chi connectivity index (χ2v) is 6.60. The summed E-state index contributed by atoms with van der Waals surface area (Å²) in [4.78, 5) is 6.84. The van der Waals surface area contributed by atoms with Gasteiger partial charge in [-0.1, -0.05) is 19.9 Å². The quantitative estimate of drug-likeness (QED) is 0.879. The van der Waals surface area contributed by atoms with Crippen LogP contribution in [-0.4, -0.2) is 26.1 Å². The molecule has 1 aliphatic rings. The Bertz CT molecular complexity index is 650. The maximum absolute atomic E-state index is 5.61. The SMILES string of the molecule is CC(C)CN1C(=S)N[C@H](c2ccccn2)[C@H]1c1cccn1C. The van der Waals surface area contributed by atoms with Crippen molar-refractivity contribution in [1.29, 1.82) is 0 Å². The van der Waals surface area contributed by atoms with E-state index in [1.54, 1.807) is 0 Å². The van der Waals surface area contributed by atoms with Gasteiger partial charge in [0.05, 0.1) is 17.8 Å². The van der Waals surface area contributed by atoms with E-state index in [1.165, 1.54) is 5.69 Å². The third kappa shape index (κ3) is 2.73. The molecule has 1 saturated heterocycles. The second kappa shape index (κ2) is 6.08. The zero-order chi connectivity index (χ0) is 15.7. The predicted molar refractivity (Wildman–Crippen MR) is 92.4 cm³/mol. The minimum absolute atomic E-state index is 0.0843. The number of hydrogen-bond donors (Lipinski definition) is 1.